The number of hydrogen-bond donors (Lipinski definition) is 2. The predicted molar refractivity (Wildman–Crippen MR) is 103 cm³/mol. The highest BCUT2D eigenvalue weighted by Crippen LogP contribution is 2.30. The van der Waals surface area contributed by atoms with Gasteiger partial charge in [0.2, 0.25) is 5.91 Å². The number of carbonyl (C=O) groups excluding carboxylic acids is 1. The molecule has 134 valence electrons. The van der Waals surface area contributed by atoms with Crippen molar-refractivity contribution in [2.75, 3.05) is 18.4 Å². The van der Waals surface area contributed by atoms with Gasteiger partial charge in [0.1, 0.15) is 0 Å². The van der Waals surface area contributed by atoms with Crippen LogP contribution in [0, 0.1) is 12.8 Å². The molecule has 1 fully saturated rings. The Hall–Kier alpha value is -2.51. The van der Waals surface area contributed by atoms with Crippen LogP contribution in [-0.2, 0) is 11.8 Å². The average molecular weight is 367 g/mol. The van der Waals surface area contributed by atoms with Crippen molar-refractivity contribution in [1.82, 2.24) is 20.1 Å². The summed E-state index contributed by atoms with van der Waals surface area (Å²) in [6.45, 7) is 3.52. The van der Waals surface area contributed by atoms with Gasteiger partial charge in [0, 0.05) is 43.2 Å². The van der Waals surface area contributed by atoms with Crippen LogP contribution in [0.2, 0.25) is 0 Å². The third kappa shape index (κ3) is 3.40. The van der Waals surface area contributed by atoms with Crippen molar-refractivity contribution in [3.05, 3.63) is 53.2 Å². The highest BCUT2D eigenvalue weighted by atomic mass is 32.1. The van der Waals surface area contributed by atoms with Crippen molar-refractivity contribution in [2.24, 2.45) is 13.0 Å². The molecule has 0 spiro atoms. The van der Waals surface area contributed by atoms with Gasteiger partial charge in [-0.25, -0.2) is 4.98 Å². The molecule has 1 aliphatic rings. The summed E-state index contributed by atoms with van der Waals surface area (Å²) in [7, 11) is 1.89. The van der Waals surface area contributed by atoms with Gasteiger partial charge < -0.3 is 10.6 Å². The molecule has 2 N–H and O–H groups in total. The van der Waals surface area contributed by atoms with Gasteiger partial charge in [0.05, 0.1) is 17.8 Å². The third-order valence-electron chi connectivity index (χ3n) is 4.79. The first-order chi connectivity index (χ1) is 12.6. The molecule has 0 radical (unpaired) electrons. The van der Waals surface area contributed by atoms with Gasteiger partial charge >= 0.3 is 0 Å². The minimum Gasteiger partial charge on any atom is -0.315 e. The summed E-state index contributed by atoms with van der Waals surface area (Å²) in [6, 6.07) is 8.23. The van der Waals surface area contributed by atoms with E-state index in [0.717, 1.165) is 23.4 Å². The fourth-order valence-corrected chi connectivity index (χ4v) is 4.04. The molecule has 0 unspecified atom stereocenters. The Balaban J connectivity index is 1.47. The number of amides is 1. The molecule has 6 nitrogen and oxygen atoms in total. The van der Waals surface area contributed by atoms with E-state index < -0.39 is 0 Å². The van der Waals surface area contributed by atoms with Crippen LogP contribution in [0.25, 0.3) is 11.3 Å². The molecule has 0 bridgehead atoms. The van der Waals surface area contributed by atoms with E-state index in [0.29, 0.717) is 11.7 Å². The van der Waals surface area contributed by atoms with Gasteiger partial charge in [-0.15, -0.1) is 11.3 Å². The molecule has 1 saturated heterocycles. The molecule has 0 aliphatic carbocycles. The summed E-state index contributed by atoms with van der Waals surface area (Å²) in [5, 5.41) is 13.2. The van der Waals surface area contributed by atoms with E-state index in [4.69, 9.17) is 0 Å². The molecule has 3 heterocycles. The highest BCUT2D eigenvalue weighted by molar-refractivity contribution is 7.14. The van der Waals surface area contributed by atoms with Crippen LogP contribution in [0.15, 0.2) is 42.0 Å². The minimum atomic E-state index is -0.120. The number of rotatable bonds is 4. The van der Waals surface area contributed by atoms with Gasteiger partial charge in [-0.2, -0.15) is 5.10 Å². The van der Waals surface area contributed by atoms with Gasteiger partial charge in [-0.1, -0.05) is 29.8 Å². The lowest BCUT2D eigenvalue weighted by Crippen LogP contribution is -2.28. The molecular weight excluding hydrogens is 346 g/mol. The zero-order valence-corrected chi connectivity index (χ0v) is 15.6. The minimum absolute atomic E-state index is 0.00802. The number of aryl methyl sites for hydroxylation is 2. The van der Waals surface area contributed by atoms with E-state index in [-0.39, 0.29) is 17.7 Å². The average Bonchev–Trinajstić information content (AvgIpc) is 3.35. The molecule has 2 aromatic heterocycles. The van der Waals surface area contributed by atoms with Crippen molar-refractivity contribution in [1.29, 1.82) is 0 Å². The lowest BCUT2D eigenvalue weighted by molar-refractivity contribution is -0.119. The SMILES string of the molecule is Cc1ccc(-c2csc(NC(=O)[C@H]3CNC[C@@H]3c3cnn(C)c3)n2)cc1. The maximum Gasteiger partial charge on any atom is 0.231 e. The molecule has 3 aromatic rings. The Morgan fingerprint density at radius 1 is 1.31 bits per heavy atom. The number of aromatic nitrogens is 3. The molecule has 2 atom stereocenters. The van der Waals surface area contributed by atoms with Crippen LogP contribution >= 0.6 is 11.3 Å². The zero-order valence-electron chi connectivity index (χ0n) is 14.8. The highest BCUT2D eigenvalue weighted by Gasteiger charge is 2.35. The molecule has 7 heteroatoms. The standard InChI is InChI=1S/C19H21N5OS/c1-12-3-5-13(6-4-12)17-11-26-19(22-17)23-18(25)16-9-20-8-15(16)14-7-21-24(2)10-14/h3-7,10-11,15-16,20H,8-9H2,1-2H3,(H,22,23,25)/t15-,16+/m1/s1. The molecule has 26 heavy (non-hydrogen) atoms. The van der Waals surface area contributed by atoms with Crippen LogP contribution in [-0.4, -0.2) is 33.8 Å². The Morgan fingerprint density at radius 2 is 2.12 bits per heavy atom. The van der Waals surface area contributed by atoms with E-state index in [9.17, 15) is 4.79 Å². The first kappa shape index (κ1) is 16.9. The van der Waals surface area contributed by atoms with E-state index >= 15 is 0 Å². The number of carbonyl (C=O) groups is 1. The Labute approximate surface area is 156 Å². The van der Waals surface area contributed by atoms with Crippen molar-refractivity contribution in [2.45, 2.75) is 12.8 Å². The molecule has 1 aromatic carbocycles. The molecular formula is C19H21N5OS. The van der Waals surface area contributed by atoms with Gasteiger partial charge in [-0.3, -0.25) is 9.48 Å². The van der Waals surface area contributed by atoms with Gasteiger partial charge in [0.25, 0.3) is 0 Å². The van der Waals surface area contributed by atoms with Crippen LogP contribution in [0.3, 0.4) is 0 Å². The fourth-order valence-electron chi connectivity index (χ4n) is 3.32. The Bertz CT molecular complexity index is 914. The normalized spacial score (nSPS) is 19.6. The van der Waals surface area contributed by atoms with E-state index in [1.807, 2.05) is 24.8 Å². The van der Waals surface area contributed by atoms with Crippen LogP contribution in [0.4, 0.5) is 5.13 Å². The lowest BCUT2D eigenvalue weighted by Gasteiger charge is -2.15. The van der Waals surface area contributed by atoms with E-state index in [2.05, 4.69) is 51.9 Å². The maximum atomic E-state index is 12.8. The second-order valence-electron chi connectivity index (χ2n) is 6.71. The number of hydrogen-bond acceptors (Lipinski definition) is 5. The fraction of sp³-hybridized carbons (Fsp3) is 0.316. The first-order valence-corrected chi connectivity index (χ1v) is 9.51. The monoisotopic (exact) mass is 367 g/mol. The largest absolute Gasteiger partial charge is 0.315 e. The lowest BCUT2D eigenvalue weighted by atomic mass is 9.90. The summed E-state index contributed by atoms with van der Waals surface area (Å²) in [4.78, 5) is 17.4. The first-order valence-electron chi connectivity index (χ1n) is 8.63. The van der Waals surface area contributed by atoms with Gasteiger partial charge in [0.15, 0.2) is 5.13 Å². The molecule has 4 rings (SSSR count). The summed E-state index contributed by atoms with van der Waals surface area (Å²) in [6.07, 6.45) is 3.83. The molecule has 1 aliphatic heterocycles. The summed E-state index contributed by atoms with van der Waals surface area (Å²) < 4.78 is 1.78. The van der Waals surface area contributed by atoms with Crippen LogP contribution in [0.5, 0.6) is 0 Å². The van der Waals surface area contributed by atoms with Crippen molar-refractivity contribution >= 4 is 22.4 Å². The van der Waals surface area contributed by atoms with Crippen molar-refractivity contribution in [3.8, 4) is 11.3 Å². The smallest absolute Gasteiger partial charge is 0.231 e. The van der Waals surface area contributed by atoms with Crippen molar-refractivity contribution in [3.63, 3.8) is 0 Å². The topological polar surface area (TPSA) is 71.8 Å². The third-order valence-corrected chi connectivity index (χ3v) is 5.54. The maximum absolute atomic E-state index is 12.8. The number of benzene rings is 1. The summed E-state index contributed by atoms with van der Waals surface area (Å²) in [5.74, 6) is 0.0276. The zero-order chi connectivity index (χ0) is 18.1. The van der Waals surface area contributed by atoms with Gasteiger partial charge in [-0.05, 0) is 12.5 Å². The number of anilines is 1. The molecule has 0 saturated carbocycles. The summed E-state index contributed by atoms with van der Waals surface area (Å²) in [5.41, 5.74) is 4.26. The van der Waals surface area contributed by atoms with E-state index in [1.54, 1.807) is 4.68 Å². The Morgan fingerprint density at radius 3 is 2.85 bits per heavy atom. The number of nitrogens with one attached hydrogen (secondary N) is 2. The molecule has 1 amide bonds. The Kier molecular flexibility index (Phi) is 4.57. The quantitative estimate of drug-likeness (QED) is 0.744. The predicted octanol–water partition coefficient (Wildman–Crippen LogP) is 2.79. The second-order valence-corrected chi connectivity index (χ2v) is 7.57. The van der Waals surface area contributed by atoms with Crippen molar-refractivity contribution < 1.29 is 4.79 Å². The number of nitrogens with zero attached hydrogens (tertiary/aromatic N) is 3. The van der Waals surface area contributed by atoms with Crippen LogP contribution in [0.1, 0.15) is 17.0 Å². The number of thiazole rings is 1. The summed E-state index contributed by atoms with van der Waals surface area (Å²) >= 11 is 1.46. The van der Waals surface area contributed by atoms with Crippen LogP contribution < -0.4 is 10.6 Å². The van der Waals surface area contributed by atoms with E-state index in [1.165, 1.54) is 16.9 Å². The second kappa shape index (κ2) is 7.01.